The number of halogens is 3. The van der Waals surface area contributed by atoms with Crippen molar-refractivity contribution in [2.75, 3.05) is 13.2 Å². The molecule has 0 heterocycles. The summed E-state index contributed by atoms with van der Waals surface area (Å²) < 4.78 is 60.7. The third-order valence-electron chi connectivity index (χ3n) is 7.58. The van der Waals surface area contributed by atoms with Gasteiger partial charge in [-0.2, -0.15) is 0 Å². The van der Waals surface area contributed by atoms with Crippen LogP contribution < -0.4 is 4.74 Å². The zero-order chi connectivity index (χ0) is 26.4. The van der Waals surface area contributed by atoms with Crippen molar-refractivity contribution in [1.29, 1.82) is 0 Å². The number of esters is 1. The molecule has 0 N–H and O–H groups in total. The third kappa shape index (κ3) is 6.56. The van der Waals surface area contributed by atoms with Crippen molar-refractivity contribution in [1.82, 2.24) is 0 Å². The second-order valence-electron chi connectivity index (χ2n) is 9.93. The van der Waals surface area contributed by atoms with Crippen molar-refractivity contribution in [2.45, 2.75) is 82.3 Å². The maximum atomic E-state index is 14.9. The number of benzene rings is 2. The Morgan fingerprint density at radius 3 is 2.24 bits per heavy atom. The summed E-state index contributed by atoms with van der Waals surface area (Å²) in [5, 5.41) is 0. The molecule has 2 aromatic rings. The van der Waals surface area contributed by atoms with Gasteiger partial charge in [-0.25, -0.2) is 18.0 Å². The van der Waals surface area contributed by atoms with Crippen LogP contribution in [0.15, 0.2) is 43.0 Å². The molecule has 2 saturated carbocycles. The van der Waals surface area contributed by atoms with Crippen molar-refractivity contribution >= 4 is 5.97 Å². The molecule has 0 unspecified atom stereocenters. The number of rotatable bonds is 9. The van der Waals surface area contributed by atoms with Gasteiger partial charge in [0, 0.05) is 6.61 Å². The summed E-state index contributed by atoms with van der Waals surface area (Å²) in [6.45, 7) is 6.39. The van der Waals surface area contributed by atoms with Crippen molar-refractivity contribution in [3.63, 3.8) is 0 Å². The van der Waals surface area contributed by atoms with Gasteiger partial charge >= 0.3 is 5.97 Å². The molecular weight excluding hydrogens is 481 g/mol. The van der Waals surface area contributed by atoms with Crippen LogP contribution in [-0.2, 0) is 9.47 Å². The fourth-order valence-corrected chi connectivity index (χ4v) is 5.58. The van der Waals surface area contributed by atoms with Crippen LogP contribution in [0, 0.1) is 17.5 Å². The molecule has 0 bridgehead atoms. The fourth-order valence-electron chi connectivity index (χ4n) is 5.58. The van der Waals surface area contributed by atoms with Gasteiger partial charge in [0.25, 0.3) is 0 Å². The Morgan fingerprint density at radius 2 is 1.59 bits per heavy atom. The molecule has 37 heavy (non-hydrogen) atoms. The predicted molar refractivity (Wildman–Crippen MR) is 135 cm³/mol. The minimum Gasteiger partial charge on any atom is -0.486 e. The topological polar surface area (TPSA) is 44.8 Å². The molecule has 200 valence electrons. The molecular formula is C30H35F3O4. The number of ether oxygens (including phenoxy) is 3. The van der Waals surface area contributed by atoms with E-state index in [2.05, 4.69) is 6.58 Å². The largest absolute Gasteiger partial charge is 0.486 e. The lowest BCUT2D eigenvalue weighted by Crippen LogP contribution is -2.25. The normalized spacial score (nSPS) is 23.9. The third-order valence-corrected chi connectivity index (χ3v) is 7.58. The first kappa shape index (κ1) is 27.2. The number of carbonyl (C=O) groups excluding carboxylic acids is 1. The number of hydrogen-bond acceptors (Lipinski definition) is 4. The van der Waals surface area contributed by atoms with E-state index in [-0.39, 0.29) is 42.0 Å². The van der Waals surface area contributed by atoms with Gasteiger partial charge < -0.3 is 14.2 Å². The van der Waals surface area contributed by atoms with Crippen LogP contribution in [0.3, 0.4) is 0 Å². The van der Waals surface area contributed by atoms with E-state index in [0.29, 0.717) is 37.9 Å². The van der Waals surface area contributed by atoms with E-state index in [1.807, 2.05) is 13.0 Å². The molecule has 0 aliphatic heterocycles. The second kappa shape index (κ2) is 12.6. The number of carbonyl (C=O) groups is 1. The van der Waals surface area contributed by atoms with Gasteiger partial charge in [-0.3, -0.25) is 0 Å². The lowest BCUT2D eigenvalue weighted by Gasteiger charge is -2.29. The van der Waals surface area contributed by atoms with E-state index in [1.54, 1.807) is 12.1 Å². The van der Waals surface area contributed by atoms with E-state index in [1.165, 1.54) is 18.2 Å². The zero-order valence-corrected chi connectivity index (χ0v) is 21.3. The summed E-state index contributed by atoms with van der Waals surface area (Å²) in [4.78, 5) is 12.7. The quantitative estimate of drug-likeness (QED) is 0.254. The van der Waals surface area contributed by atoms with E-state index >= 15 is 0 Å². The van der Waals surface area contributed by atoms with Gasteiger partial charge in [0.15, 0.2) is 23.2 Å². The van der Waals surface area contributed by atoms with Crippen LogP contribution in [0.4, 0.5) is 13.2 Å². The standard InChI is InChI=1S/C30H35F3O4/c1-3-17-36-27-16-9-21(18-26(27)31)19-5-12-23(13-6-19)37-30(34)25-15-14-24(28(32)29(25)33)20-7-10-22(11-8-20)35-4-2/h3,9,14-16,18-20,22-23H,1,4-8,10-13,17H2,2H3. The van der Waals surface area contributed by atoms with Crippen LogP contribution in [0.5, 0.6) is 5.75 Å². The monoisotopic (exact) mass is 516 g/mol. The Bertz CT molecular complexity index is 1090. The molecule has 0 atom stereocenters. The van der Waals surface area contributed by atoms with E-state index in [9.17, 15) is 18.0 Å². The van der Waals surface area contributed by atoms with Gasteiger partial charge in [-0.1, -0.05) is 24.8 Å². The molecule has 2 fully saturated rings. The summed E-state index contributed by atoms with van der Waals surface area (Å²) in [6, 6.07) is 7.81. The predicted octanol–water partition coefficient (Wildman–Crippen LogP) is 7.61. The summed E-state index contributed by atoms with van der Waals surface area (Å²) in [6.07, 6.45) is 6.95. The van der Waals surface area contributed by atoms with Crippen LogP contribution in [0.25, 0.3) is 0 Å². The van der Waals surface area contributed by atoms with Gasteiger partial charge in [-0.05, 0) is 99.5 Å². The van der Waals surface area contributed by atoms with E-state index < -0.39 is 23.4 Å². The molecule has 2 aromatic carbocycles. The van der Waals surface area contributed by atoms with Crippen molar-refractivity contribution in [2.24, 2.45) is 0 Å². The van der Waals surface area contributed by atoms with E-state index in [4.69, 9.17) is 14.2 Å². The molecule has 7 heteroatoms. The highest BCUT2D eigenvalue weighted by molar-refractivity contribution is 5.90. The average Bonchev–Trinajstić information content (AvgIpc) is 2.90. The highest BCUT2D eigenvalue weighted by Gasteiger charge is 2.30. The highest BCUT2D eigenvalue weighted by atomic mass is 19.2. The first-order valence-corrected chi connectivity index (χ1v) is 13.2. The maximum absolute atomic E-state index is 14.9. The Kier molecular flexibility index (Phi) is 9.30. The Balaban J connectivity index is 1.32. The van der Waals surface area contributed by atoms with E-state index in [0.717, 1.165) is 31.2 Å². The summed E-state index contributed by atoms with van der Waals surface area (Å²) >= 11 is 0. The Labute approximate surface area is 216 Å². The van der Waals surface area contributed by atoms with Crippen LogP contribution in [-0.4, -0.2) is 31.4 Å². The molecule has 4 rings (SSSR count). The van der Waals surface area contributed by atoms with Crippen molar-refractivity contribution in [3.05, 3.63) is 77.1 Å². The average molecular weight is 517 g/mol. The lowest BCUT2D eigenvalue weighted by atomic mass is 9.82. The van der Waals surface area contributed by atoms with Gasteiger partial charge in [0.1, 0.15) is 12.7 Å². The van der Waals surface area contributed by atoms with Crippen molar-refractivity contribution in [3.8, 4) is 5.75 Å². The molecule has 0 spiro atoms. The van der Waals surface area contributed by atoms with Crippen LogP contribution >= 0.6 is 0 Å². The second-order valence-corrected chi connectivity index (χ2v) is 9.93. The summed E-state index contributed by atoms with van der Waals surface area (Å²) in [5.41, 5.74) is 0.813. The Hall–Kier alpha value is -2.80. The lowest BCUT2D eigenvalue weighted by molar-refractivity contribution is 0.0189. The van der Waals surface area contributed by atoms with Gasteiger partial charge in [0.2, 0.25) is 0 Å². The maximum Gasteiger partial charge on any atom is 0.341 e. The molecule has 0 saturated heterocycles. The van der Waals surface area contributed by atoms with Crippen LogP contribution in [0.1, 0.15) is 91.6 Å². The minimum absolute atomic E-state index is 0.0843. The number of hydrogen-bond donors (Lipinski definition) is 0. The first-order valence-electron chi connectivity index (χ1n) is 13.2. The molecule has 0 radical (unpaired) electrons. The molecule has 4 nitrogen and oxygen atoms in total. The molecule has 2 aliphatic rings. The van der Waals surface area contributed by atoms with Crippen LogP contribution in [0.2, 0.25) is 0 Å². The highest BCUT2D eigenvalue weighted by Crippen LogP contribution is 2.38. The molecule has 0 aromatic heterocycles. The molecule has 0 amide bonds. The summed E-state index contributed by atoms with van der Waals surface area (Å²) in [5.74, 6) is -3.14. The first-order chi connectivity index (χ1) is 17.9. The van der Waals surface area contributed by atoms with Crippen molar-refractivity contribution < 1.29 is 32.2 Å². The summed E-state index contributed by atoms with van der Waals surface area (Å²) in [7, 11) is 0. The minimum atomic E-state index is -1.14. The SMILES string of the molecule is C=CCOc1ccc(C2CCC(OC(=O)c3ccc(C4CCC(OCC)CC4)c(F)c3F)CC2)cc1F. The van der Waals surface area contributed by atoms with Gasteiger partial charge in [0.05, 0.1) is 11.7 Å². The Morgan fingerprint density at radius 1 is 0.919 bits per heavy atom. The smallest absolute Gasteiger partial charge is 0.341 e. The zero-order valence-electron chi connectivity index (χ0n) is 21.3. The van der Waals surface area contributed by atoms with Gasteiger partial charge in [-0.15, -0.1) is 0 Å². The molecule has 2 aliphatic carbocycles. The fraction of sp³-hybridized carbons (Fsp3) is 0.500.